The number of esters is 1. The Balaban J connectivity index is 5.19. The highest BCUT2D eigenvalue weighted by Crippen LogP contribution is 2.38. The van der Waals surface area contributed by atoms with Crippen molar-refractivity contribution >= 4 is 19.7 Å². The summed E-state index contributed by atoms with van der Waals surface area (Å²) in [6, 6.07) is -0.910. The number of carbonyl (C=O) groups is 2. The summed E-state index contributed by atoms with van der Waals surface area (Å²) in [5.41, 5.74) is 0. The van der Waals surface area contributed by atoms with Gasteiger partial charge in [0, 0.05) is 12.8 Å². The number of amides is 1. The summed E-state index contributed by atoms with van der Waals surface area (Å²) >= 11 is 0. The number of phosphoric acid groups is 1. The zero-order valence-corrected chi connectivity index (χ0v) is 56.9. The maximum absolute atomic E-state index is 13.6. The van der Waals surface area contributed by atoms with Gasteiger partial charge in [0.25, 0.3) is 7.82 Å². The number of unbranched alkanes of at least 4 members (excludes halogenated alkanes) is 31. The number of likely N-dealkylation sites (N-methyl/N-ethyl adjacent to an activating group) is 1. The molecule has 85 heavy (non-hydrogen) atoms. The van der Waals surface area contributed by atoms with E-state index in [-0.39, 0.29) is 31.3 Å². The summed E-state index contributed by atoms with van der Waals surface area (Å²) in [6.07, 6.45) is 87.8. The second-order valence-electron chi connectivity index (χ2n) is 24.6. The smallest absolute Gasteiger partial charge is 0.306 e. The van der Waals surface area contributed by atoms with Gasteiger partial charge in [0.05, 0.1) is 33.8 Å². The Morgan fingerprint density at radius 1 is 0.424 bits per heavy atom. The molecule has 1 N–H and O–H groups in total. The molecule has 0 rings (SSSR count). The molecule has 9 nitrogen and oxygen atoms in total. The molecule has 0 aromatic carbocycles. The van der Waals surface area contributed by atoms with Gasteiger partial charge in [-0.1, -0.05) is 285 Å². The largest absolute Gasteiger partial charge is 0.756 e. The third-order valence-corrected chi connectivity index (χ3v) is 16.2. The van der Waals surface area contributed by atoms with Crippen LogP contribution in [0.4, 0.5) is 0 Å². The molecule has 0 fully saturated rings. The number of nitrogens with zero attached hydrogens (tertiary/aromatic N) is 1. The van der Waals surface area contributed by atoms with E-state index in [1.165, 1.54) is 154 Å². The van der Waals surface area contributed by atoms with Gasteiger partial charge in [-0.25, -0.2) is 0 Å². The predicted octanol–water partition coefficient (Wildman–Crippen LogP) is 21.8. The standard InChI is InChI=1S/C75H133N2O7P/c1-7-10-13-16-19-22-25-28-30-32-34-36-38-40-42-44-46-49-52-55-58-61-64-67-74(78)76-72(71-83-85(80,81)82-70-69-77(4,5)6)73(66-63-60-57-54-51-48-27-24-21-18-15-12-9-3)84-75(79)68-65-62-59-56-53-50-47-45-43-41-39-37-35-33-31-29-26-23-20-17-14-11-8-2/h10,13,19-20,22-23,28-31,34,36,40,42,46,49,63,66,72-73H,7-9,11-12,14-18,21,24-27,32-33,35,37-39,41,43-45,47-48,50-62,64-65,67-71H2,1-6H3,(H-,76,78,80,81)/b13-10-,22-19-,23-20-,30-28-,31-29-,36-34-,42-40-,49-46-,66-63+. The van der Waals surface area contributed by atoms with Gasteiger partial charge in [0.1, 0.15) is 19.3 Å². The maximum Gasteiger partial charge on any atom is 0.306 e. The first-order chi connectivity index (χ1) is 41.4. The van der Waals surface area contributed by atoms with Crippen LogP contribution in [0.2, 0.25) is 0 Å². The molecule has 0 aromatic heterocycles. The lowest BCUT2D eigenvalue weighted by Crippen LogP contribution is -2.47. The van der Waals surface area contributed by atoms with E-state index in [9.17, 15) is 19.0 Å². The molecular weight excluding hydrogens is 1070 g/mol. The van der Waals surface area contributed by atoms with Crippen LogP contribution in [0.15, 0.2) is 109 Å². The monoisotopic (exact) mass is 1200 g/mol. The molecule has 490 valence electrons. The van der Waals surface area contributed by atoms with Crippen molar-refractivity contribution in [3.63, 3.8) is 0 Å². The molecule has 10 heteroatoms. The molecule has 0 saturated carbocycles. The van der Waals surface area contributed by atoms with Gasteiger partial charge in [-0.15, -0.1) is 0 Å². The minimum absolute atomic E-state index is 0.0323. The Morgan fingerprint density at radius 3 is 1.15 bits per heavy atom. The van der Waals surface area contributed by atoms with Gasteiger partial charge < -0.3 is 28.5 Å². The van der Waals surface area contributed by atoms with Crippen molar-refractivity contribution in [3.05, 3.63) is 109 Å². The van der Waals surface area contributed by atoms with E-state index in [4.69, 9.17) is 13.8 Å². The number of phosphoric ester groups is 1. The van der Waals surface area contributed by atoms with E-state index in [1.807, 2.05) is 33.3 Å². The predicted molar refractivity (Wildman–Crippen MR) is 367 cm³/mol. The first kappa shape index (κ1) is 81.7. The summed E-state index contributed by atoms with van der Waals surface area (Å²) in [4.78, 5) is 40.2. The van der Waals surface area contributed by atoms with Crippen molar-refractivity contribution in [1.29, 1.82) is 0 Å². The Morgan fingerprint density at radius 2 is 0.753 bits per heavy atom. The van der Waals surface area contributed by atoms with E-state index in [0.29, 0.717) is 17.4 Å². The molecular formula is C75H133N2O7P. The van der Waals surface area contributed by atoms with E-state index in [1.54, 1.807) is 0 Å². The lowest BCUT2D eigenvalue weighted by molar-refractivity contribution is -0.870. The van der Waals surface area contributed by atoms with E-state index >= 15 is 0 Å². The molecule has 0 spiro atoms. The van der Waals surface area contributed by atoms with Gasteiger partial charge in [0.2, 0.25) is 5.91 Å². The van der Waals surface area contributed by atoms with Gasteiger partial charge in [-0.05, 0) is 115 Å². The third-order valence-electron chi connectivity index (χ3n) is 15.2. The number of carbonyl (C=O) groups excluding carboxylic acids is 2. The van der Waals surface area contributed by atoms with Crippen molar-refractivity contribution in [3.8, 4) is 0 Å². The number of ether oxygens (including phenoxy) is 1. The molecule has 3 unspecified atom stereocenters. The molecule has 1 amide bonds. The van der Waals surface area contributed by atoms with Gasteiger partial charge >= 0.3 is 5.97 Å². The summed E-state index contributed by atoms with van der Waals surface area (Å²) < 4.78 is 30.4. The summed E-state index contributed by atoms with van der Waals surface area (Å²) in [5, 5.41) is 3.03. The average molecular weight is 1210 g/mol. The summed E-state index contributed by atoms with van der Waals surface area (Å²) in [6.45, 7) is 6.70. The fraction of sp³-hybridized carbons (Fsp3) is 0.733. The second-order valence-corrected chi connectivity index (χ2v) is 26.1. The Labute approximate surface area is 525 Å². The molecule has 0 aliphatic heterocycles. The molecule has 0 saturated heterocycles. The SMILES string of the molecule is CC/C=C\C/C=C\C/C=C\C/C=C\C/C=C\C/C=C\CCCCCCC(=O)NC(COP(=O)([O-])OCC[N+](C)(C)C)C(/C=C/CCCCCCCCCCCCC)OC(=O)CCCCCCCCCCCCCCC/C=C\C/C=C\CCCCC. The van der Waals surface area contributed by atoms with Crippen molar-refractivity contribution in [2.75, 3.05) is 40.9 Å². The van der Waals surface area contributed by atoms with Crippen LogP contribution in [-0.2, 0) is 27.9 Å². The third kappa shape index (κ3) is 65.0. The topological polar surface area (TPSA) is 114 Å². The van der Waals surface area contributed by atoms with Crippen LogP contribution in [0.5, 0.6) is 0 Å². The number of rotatable bonds is 63. The highest BCUT2D eigenvalue weighted by atomic mass is 31.2. The number of hydrogen-bond donors (Lipinski definition) is 1. The molecule has 0 aromatic rings. The van der Waals surface area contributed by atoms with Crippen molar-refractivity contribution in [2.24, 2.45) is 0 Å². The van der Waals surface area contributed by atoms with Gasteiger partial charge in [0.15, 0.2) is 0 Å². The van der Waals surface area contributed by atoms with Gasteiger partial charge in [-0.3, -0.25) is 14.2 Å². The molecule has 0 bridgehead atoms. The zero-order chi connectivity index (χ0) is 62.1. The minimum Gasteiger partial charge on any atom is -0.756 e. The van der Waals surface area contributed by atoms with Crippen molar-refractivity contribution in [2.45, 2.75) is 315 Å². The first-order valence-corrected chi connectivity index (χ1v) is 36.7. The van der Waals surface area contributed by atoms with E-state index in [2.05, 4.69) is 123 Å². The summed E-state index contributed by atoms with van der Waals surface area (Å²) in [5.74, 6) is -0.569. The van der Waals surface area contributed by atoms with E-state index < -0.39 is 26.6 Å². The molecule has 0 aliphatic rings. The van der Waals surface area contributed by atoms with Crippen LogP contribution in [0.25, 0.3) is 0 Å². The minimum atomic E-state index is -4.72. The lowest BCUT2D eigenvalue weighted by Gasteiger charge is -2.30. The Bertz CT molecular complexity index is 1820. The number of hydrogen-bond acceptors (Lipinski definition) is 7. The summed E-state index contributed by atoms with van der Waals surface area (Å²) in [7, 11) is 1.16. The average Bonchev–Trinajstić information content (AvgIpc) is 3.52. The normalized spacial score (nSPS) is 14.2. The van der Waals surface area contributed by atoms with Crippen LogP contribution in [0.3, 0.4) is 0 Å². The molecule has 0 heterocycles. The quantitative estimate of drug-likeness (QED) is 0.0212. The van der Waals surface area contributed by atoms with Crippen LogP contribution in [0.1, 0.15) is 303 Å². The number of nitrogens with one attached hydrogen (secondary N) is 1. The fourth-order valence-corrected chi connectivity index (χ4v) is 10.5. The molecule has 0 aliphatic carbocycles. The lowest BCUT2D eigenvalue weighted by atomic mass is 10.0. The fourth-order valence-electron chi connectivity index (χ4n) is 9.79. The van der Waals surface area contributed by atoms with E-state index in [0.717, 1.165) is 109 Å². The maximum atomic E-state index is 13.6. The van der Waals surface area contributed by atoms with Crippen molar-refractivity contribution in [1.82, 2.24) is 5.32 Å². The van der Waals surface area contributed by atoms with Crippen LogP contribution in [0, 0.1) is 0 Å². The van der Waals surface area contributed by atoms with Crippen LogP contribution in [-0.4, -0.2) is 69.4 Å². The highest BCUT2D eigenvalue weighted by Gasteiger charge is 2.27. The molecule has 3 atom stereocenters. The second kappa shape index (κ2) is 63.7. The van der Waals surface area contributed by atoms with Gasteiger partial charge in [-0.2, -0.15) is 0 Å². The van der Waals surface area contributed by atoms with Crippen LogP contribution < -0.4 is 10.2 Å². The zero-order valence-electron chi connectivity index (χ0n) is 56.0. The van der Waals surface area contributed by atoms with Crippen molar-refractivity contribution < 1.29 is 37.3 Å². The first-order valence-electron chi connectivity index (χ1n) is 35.2. The number of allylic oxidation sites excluding steroid dienone is 17. The van der Waals surface area contributed by atoms with Crippen LogP contribution >= 0.6 is 7.82 Å². The molecule has 0 radical (unpaired) electrons. The Hall–Kier alpha value is -3.33. The Kier molecular flexibility index (Phi) is 61.2. The highest BCUT2D eigenvalue weighted by molar-refractivity contribution is 7.45. The number of quaternary nitrogens is 1.